The zero-order valence-corrected chi connectivity index (χ0v) is 17.7. The van der Waals surface area contributed by atoms with Gasteiger partial charge in [-0.25, -0.2) is 4.79 Å². The fourth-order valence-corrected chi connectivity index (χ4v) is 6.87. The minimum absolute atomic E-state index is 0.527. The van der Waals surface area contributed by atoms with Crippen molar-refractivity contribution in [2.75, 3.05) is 24.6 Å². The van der Waals surface area contributed by atoms with E-state index in [2.05, 4.69) is 27.7 Å². The lowest BCUT2D eigenvalue weighted by molar-refractivity contribution is -0.135. The van der Waals surface area contributed by atoms with Crippen LogP contribution in [0.2, 0.25) is 0 Å². The smallest absolute Gasteiger partial charge is 0.356 e. The predicted molar refractivity (Wildman–Crippen MR) is 105 cm³/mol. The maximum Gasteiger partial charge on any atom is 0.356 e. The average Bonchev–Trinajstić information content (AvgIpc) is 2.47. The molecular weight excluding hydrogens is 362 g/mol. The average molecular weight is 395 g/mol. The Kier molecular flexibility index (Phi) is 16.1. The second-order valence-corrected chi connectivity index (χ2v) is 12.6. The van der Waals surface area contributed by atoms with Crippen molar-refractivity contribution in [2.45, 2.75) is 70.0 Å². The molecule has 0 heterocycles. The Morgan fingerprint density at radius 2 is 1.14 bits per heavy atom. The van der Waals surface area contributed by atoms with E-state index in [0.717, 1.165) is 0 Å². The van der Waals surface area contributed by atoms with Gasteiger partial charge in [0.2, 0.25) is 0 Å². The lowest BCUT2D eigenvalue weighted by Gasteiger charge is -2.26. The van der Waals surface area contributed by atoms with Gasteiger partial charge in [-0.15, -0.1) is 0 Å². The van der Waals surface area contributed by atoms with Crippen LogP contribution in [0.5, 0.6) is 0 Å². The lowest BCUT2D eigenvalue weighted by atomic mass is 10.4. The van der Waals surface area contributed by atoms with Gasteiger partial charge in [-0.2, -0.15) is 0 Å². The van der Waals surface area contributed by atoms with E-state index in [-0.39, 0.29) is 0 Å². The molecule has 0 aromatic heterocycles. The molecule has 0 aliphatic rings. The predicted octanol–water partition coefficient (Wildman–Crippen LogP) is 6.87. The number of alkyl halides is 3. The zero-order valence-electron chi connectivity index (χ0n) is 14.5. The molecule has 0 radical (unpaired) electrons. The Hall–Kier alpha value is 0.770. The van der Waals surface area contributed by atoms with Crippen molar-refractivity contribution in [3.8, 4) is 0 Å². The van der Waals surface area contributed by atoms with E-state index in [4.69, 9.17) is 39.9 Å². The number of halogens is 3. The van der Waals surface area contributed by atoms with Crippen LogP contribution in [0.4, 0.5) is 0 Å². The van der Waals surface area contributed by atoms with Crippen LogP contribution < -0.4 is 0 Å². The first kappa shape index (κ1) is 25.0. The summed E-state index contributed by atoms with van der Waals surface area (Å²) >= 11 is 14.4. The molecule has 0 bridgehead atoms. The molecule has 22 heavy (non-hydrogen) atoms. The third-order valence-electron chi connectivity index (χ3n) is 3.87. The summed E-state index contributed by atoms with van der Waals surface area (Å²) in [6.07, 6.45) is 14.9. The summed E-state index contributed by atoms with van der Waals surface area (Å²) in [5.74, 6) is -1.46. The Morgan fingerprint density at radius 3 is 1.27 bits per heavy atom. The van der Waals surface area contributed by atoms with E-state index in [9.17, 15) is 4.79 Å². The molecule has 134 valence electrons. The van der Waals surface area contributed by atoms with Gasteiger partial charge >= 0.3 is 5.97 Å². The normalized spacial score (nSPS) is 11.8. The van der Waals surface area contributed by atoms with Crippen molar-refractivity contribution in [1.82, 2.24) is 0 Å². The van der Waals surface area contributed by atoms with Gasteiger partial charge in [0.1, 0.15) is 0 Å². The minimum Gasteiger partial charge on any atom is -0.478 e. The third-order valence-corrected chi connectivity index (χ3v) is 9.49. The topological polar surface area (TPSA) is 37.3 Å². The minimum atomic E-state index is -2.17. The molecule has 0 saturated carbocycles. The van der Waals surface area contributed by atoms with E-state index >= 15 is 0 Å². The Morgan fingerprint density at radius 1 is 0.864 bits per heavy atom. The van der Waals surface area contributed by atoms with Gasteiger partial charge in [0.15, 0.2) is 0 Å². The van der Waals surface area contributed by atoms with Crippen molar-refractivity contribution in [1.29, 1.82) is 0 Å². The second kappa shape index (κ2) is 14.1. The van der Waals surface area contributed by atoms with Crippen LogP contribution in [-0.2, 0) is 4.79 Å². The first-order valence-electron chi connectivity index (χ1n) is 8.34. The molecule has 0 unspecified atom stereocenters. The van der Waals surface area contributed by atoms with Crippen LogP contribution in [-0.4, -0.2) is 39.5 Å². The molecule has 1 N–H and O–H groups in total. The molecule has 0 aliphatic carbocycles. The number of hydrogen-bond donors (Lipinski definition) is 1. The van der Waals surface area contributed by atoms with Crippen LogP contribution in [0, 0.1) is 0 Å². The van der Waals surface area contributed by atoms with Gasteiger partial charge in [0, 0.05) is 7.26 Å². The zero-order chi connectivity index (χ0) is 17.6. The molecule has 0 atom stereocenters. The highest BCUT2D eigenvalue weighted by molar-refractivity contribution is 7.75. The molecule has 0 rings (SSSR count). The van der Waals surface area contributed by atoms with Gasteiger partial charge in [-0.05, 0) is 26.2 Å². The largest absolute Gasteiger partial charge is 0.478 e. The highest BCUT2D eigenvalue weighted by Gasteiger charge is 2.32. The van der Waals surface area contributed by atoms with Crippen molar-refractivity contribution < 1.29 is 9.90 Å². The van der Waals surface area contributed by atoms with E-state index in [1.54, 1.807) is 18.5 Å². The van der Waals surface area contributed by atoms with Crippen molar-refractivity contribution in [3.05, 3.63) is 0 Å². The monoisotopic (exact) mass is 393 g/mol. The van der Waals surface area contributed by atoms with Crippen LogP contribution in [0.3, 0.4) is 0 Å². The Labute approximate surface area is 152 Å². The van der Waals surface area contributed by atoms with Gasteiger partial charge in [0.05, 0.1) is 24.6 Å². The molecule has 0 saturated heterocycles. The Balaban J connectivity index is 0. The van der Waals surface area contributed by atoms with E-state index in [0.29, 0.717) is 0 Å². The highest BCUT2D eigenvalue weighted by atomic mass is 35.6. The first-order valence-corrected chi connectivity index (χ1v) is 12.0. The molecule has 6 heteroatoms. The van der Waals surface area contributed by atoms with E-state index in [1.807, 2.05) is 0 Å². The van der Waals surface area contributed by atoms with E-state index in [1.165, 1.54) is 44.7 Å². The quantitative estimate of drug-likeness (QED) is 0.324. The third kappa shape index (κ3) is 13.2. The molecule has 0 aromatic carbocycles. The first-order chi connectivity index (χ1) is 10.2. The number of carbonyl (C=O) groups is 1. The molecule has 0 aliphatic heterocycles. The molecule has 0 spiro atoms. The SMILES string of the molecule is CCCC[P+](CC)(CCCC)CCCC.O=C(O)C(Cl)(Cl)Cl. The number of carboxylic acids is 1. The van der Waals surface area contributed by atoms with Crippen molar-refractivity contribution in [3.63, 3.8) is 0 Å². The standard InChI is InChI=1S/C14H32P.C2HCl3O2/c1-5-9-12-15(8-4,13-10-6-2)14-11-7-3;3-2(4,5)1(6)7/h5-14H2,1-4H3;(H,6,7)/q+1;. The summed E-state index contributed by atoms with van der Waals surface area (Å²) < 4.78 is -2.17. The van der Waals surface area contributed by atoms with Gasteiger partial charge < -0.3 is 5.11 Å². The molecule has 0 amide bonds. The molecule has 0 fully saturated rings. The molecule has 0 aromatic rings. The number of carboxylic acid groups (broad SMARTS) is 1. The Bertz CT molecular complexity index is 259. The summed E-state index contributed by atoms with van der Waals surface area (Å²) in [4.78, 5) is 9.62. The van der Waals surface area contributed by atoms with Crippen molar-refractivity contribution in [2.24, 2.45) is 0 Å². The van der Waals surface area contributed by atoms with Gasteiger partial charge in [-0.1, -0.05) is 74.8 Å². The summed E-state index contributed by atoms with van der Waals surface area (Å²) in [7, 11) is -0.527. The van der Waals surface area contributed by atoms with Crippen molar-refractivity contribution >= 4 is 48.0 Å². The maximum atomic E-state index is 9.62. The van der Waals surface area contributed by atoms with Crippen LogP contribution >= 0.6 is 42.1 Å². The fourth-order valence-electron chi connectivity index (χ4n) is 2.29. The summed E-state index contributed by atoms with van der Waals surface area (Å²) in [6, 6.07) is 0. The summed E-state index contributed by atoms with van der Waals surface area (Å²) in [6.45, 7) is 9.46. The number of hydrogen-bond acceptors (Lipinski definition) is 1. The number of aliphatic carboxylic acids is 1. The fraction of sp³-hybridized carbons (Fsp3) is 0.938. The van der Waals surface area contributed by atoms with Crippen LogP contribution in [0.25, 0.3) is 0 Å². The van der Waals surface area contributed by atoms with Gasteiger partial charge in [0.25, 0.3) is 3.79 Å². The molecular formula is C16H33Cl3O2P+. The summed E-state index contributed by atoms with van der Waals surface area (Å²) in [5, 5.41) is 7.85. The maximum absolute atomic E-state index is 9.62. The second-order valence-electron chi connectivity index (χ2n) is 5.69. The number of rotatable bonds is 10. The summed E-state index contributed by atoms with van der Waals surface area (Å²) in [5.41, 5.74) is 0. The van der Waals surface area contributed by atoms with E-state index < -0.39 is 17.0 Å². The van der Waals surface area contributed by atoms with Crippen LogP contribution in [0.1, 0.15) is 66.2 Å². The van der Waals surface area contributed by atoms with Crippen LogP contribution in [0.15, 0.2) is 0 Å². The molecule has 2 nitrogen and oxygen atoms in total. The lowest BCUT2D eigenvalue weighted by Crippen LogP contribution is -2.16. The highest BCUT2D eigenvalue weighted by Crippen LogP contribution is 2.60. The van der Waals surface area contributed by atoms with Gasteiger partial charge in [-0.3, -0.25) is 0 Å². The number of unbranched alkanes of at least 4 members (excludes halogenated alkanes) is 3.